The molecule has 0 aliphatic carbocycles. The third kappa shape index (κ3) is 1.52. The van der Waals surface area contributed by atoms with Gasteiger partial charge in [0.15, 0.2) is 0 Å². The molecule has 6 nitrogen and oxygen atoms in total. The van der Waals surface area contributed by atoms with Crippen molar-refractivity contribution in [3.63, 3.8) is 0 Å². The molecule has 0 aliphatic rings. The van der Waals surface area contributed by atoms with Crippen molar-refractivity contribution in [1.29, 1.82) is 0 Å². The van der Waals surface area contributed by atoms with E-state index in [1.807, 2.05) is 0 Å². The minimum Gasteiger partial charge on any atom is -0.478 e. The Labute approximate surface area is 87.1 Å². The maximum atomic E-state index is 10.8. The Morgan fingerprint density at radius 1 is 1.00 bits per heavy atom. The lowest BCUT2D eigenvalue weighted by Crippen LogP contribution is -2.07. The van der Waals surface area contributed by atoms with Gasteiger partial charge in [-0.25, -0.2) is 9.59 Å². The molecule has 1 heterocycles. The molecule has 0 fully saturated rings. The number of hydrogen-bond acceptors (Lipinski definition) is 5. The lowest BCUT2D eigenvalue weighted by Gasteiger charge is -1.99. The third-order valence-corrected chi connectivity index (χ3v) is 2.41. The minimum atomic E-state index is -1.29. The normalized spacial score (nSPS) is 10.4. The summed E-state index contributed by atoms with van der Waals surface area (Å²) in [5.41, 5.74) is 0.232. The van der Waals surface area contributed by atoms with Gasteiger partial charge < -0.3 is 10.2 Å². The Hall–Kier alpha value is -2.02. The van der Waals surface area contributed by atoms with Crippen LogP contribution in [0.15, 0.2) is 12.1 Å². The molecule has 0 saturated carbocycles. The molecule has 0 radical (unpaired) electrons. The average molecular weight is 224 g/mol. The number of rotatable bonds is 2. The molecule has 2 N–H and O–H groups in total. The van der Waals surface area contributed by atoms with Crippen molar-refractivity contribution >= 4 is 34.7 Å². The predicted molar refractivity (Wildman–Crippen MR) is 51.3 cm³/mol. The van der Waals surface area contributed by atoms with E-state index in [4.69, 9.17) is 10.2 Å². The van der Waals surface area contributed by atoms with Crippen LogP contribution in [0.25, 0.3) is 11.0 Å². The Bertz CT molecular complexity index is 515. The highest BCUT2D eigenvalue weighted by atomic mass is 32.1. The summed E-state index contributed by atoms with van der Waals surface area (Å²) in [6.07, 6.45) is 0. The van der Waals surface area contributed by atoms with Crippen LogP contribution in [0.3, 0.4) is 0 Å². The summed E-state index contributed by atoms with van der Waals surface area (Å²) >= 11 is 0.908. The first kappa shape index (κ1) is 9.53. The molecule has 0 bridgehead atoms. The van der Waals surface area contributed by atoms with E-state index in [0.29, 0.717) is 11.0 Å². The SMILES string of the molecule is O=C(O)c1cc2nsnc2cc1C(=O)O. The number of aromatic carboxylic acids is 2. The number of nitrogens with zero attached hydrogens (tertiary/aromatic N) is 2. The summed E-state index contributed by atoms with van der Waals surface area (Å²) in [7, 11) is 0. The molecule has 15 heavy (non-hydrogen) atoms. The number of benzene rings is 1. The molecule has 0 saturated heterocycles. The van der Waals surface area contributed by atoms with Crippen LogP contribution in [0.5, 0.6) is 0 Å². The van der Waals surface area contributed by atoms with Crippen molar-refractivity contribution in [3.05, 3.63) is 23.3 Å². The molecule has 0 aliphatic heterocycles. The van der Waals surface area contributed by atoms with E-state index in [9.17, 15) is 9.59 Å². The van der Waals surface area contributed by atoms with Gasteiger partial charge in [0.1, 0.15) is 11.0 Å². The van der Waals surface area contributed by atoms with E-state index in [-0.39, 0.29) is 11.1 Å². The van der Waals surface area contributed by atoms with E-state index < -0.39 is 11.9 Å². The highest BCUT2D eigenvalue weighted by Crippen LogP contribution is 2.18. The third-order valence-electron chi connectivity index (χ3n) is 1.85. The molecular formula is C8H4N2O4S. The van der Waals surface area contributed by atoms with Gasteiger partial charge >= 0.3 is 11.9 Å². The summed E-state index contributed by atoms with van der Waals surface area (Å²) in [5.74, 6) is -2.58. The number of carboxylic acids is 2. The number of aromatic nitrogens is 2. The highest BCUT2D eigenvalue weighted by molar-refractivity contribution is 7.00. The van der Waals surface area contributed by atoms with Gasteiger partial charge in [0, 0.05) is 0 Å². The van der Waals surface area contributed by atoms with Crippen LogP contribution >= 0.6 is 11.7 Å². The molecule has 0 spiro atoms. The van der Waals surface area contributed by atoms with Crippen molar-refractivity contribution in [2.45, 2.75) is 0 Å². The highest BCUT2D eigenvalue weighted by Gasteiger charge is 2.18. The van der Waals surface area contributed by atoms with E-state index in [2.05, 4.69) is 8.75 Å². The molecular weight excluding hydrogens is 220 g/mol. The zero-order chi connectivity index (χ0) is 11.0. The Balaban J connectivity index is 2.79. The van der Waals surface area contributed by atoms with Crippen LogP contribution in [-0.4, -0.2) is 30.9 Å². The standard InChI is InChI=1S/C8H4N2O4S/c11-7(12)3-1-5-6(10-15-9-5)2-4(3)8(13)14/h1-2H,(H,11,12)(H,13,14). The van der Waals surface area contributed by atoms with Crippen molar-refractivity contribution in [3.8, 4) is 0 Å². The summed E-state index contributed by atoms with van der Waals surface area (Å²) in [6.45, 7) is 0. The number of hydrogen-bond donors (Lipinski definition) is 2. The fourth-order valence-electron chi connectivity index (χ4n) is 1.19. The zero-order valence-electron chi connectivity index (χ0n) is 7.17. The number of fused-ring (bicyclic) bond motifs is 1. The second-order valence-electron chi connectivity index (χ2n) is 2.76. The molecule has 1 aromatic heterocycles. The van der Waals surface area contributed by atoms with Crippen LogP contribution in [-0.2, 0) is 0 Å². The summed E-state index contributed by atoms with van der Waals surface area (Å²) in [6, 6.07) is 2.43. The van der Waals surface area contributed by atoms with Crippen molar-refractivity contribution in [1.82, 2.24) is 8.75 Å². The molecule has 2 rings (SSSR count). The van der Waals surface area contributed by atoms with E-state index in [0.717, 1.165) is 11.7 Å². The average Bonchev–Trinajstić information content (AvgIpc) is 2.61. The quantitative estimate of drug-likeness (QED) is 0.791. The van der Waals surface area contributed by atoms with Crippen LogP contribution in [0.2, 0.25) is 0 Å². The van der Waals surface area contributed by atoms with Gasteiger partial charge in [-0.1, -0.05) is 0 Å². The molecule has 0 amide bonds. The maximum Gasteiger partial charge on any atom is 0.336 e. The summed E-state index contributed by atoms with van der Waals surface area (Å²) in [4.78, 5) is 21.6. The smallest absolute Gasteiger partial charge is 0.336 e. The van der Waals surface area contributed by atoms with Gasteiger partial charge in [-0.3, -0.25) is 0 Å². The van der Waals surface area contributed by atoms with E-state index in [1.165, 1.54) is 12.1 Å². The van der Waals surface area contributed by atoms with Crippen LogP contribution in [0.1, 0.15) is 20.7 Å². The first-order valence-electron chi connectivity index (χ1n) is 3.82. The van der Waals surface area contributed by atoms with Crippen molar-refractivity contribution in [2.75, 3.05) is 0 Å². The second-order valence-corrected chi connectivity index (χ2v) is 3.29. The number of carboxylic acid groups (broad SMARTS) is 2. The van der Waals surface area contributed by atoms with Crippen molar-refractivity contribution in [2.24, 2.45) is 0 Å². The molecule has 7 heteroatoms. The maximum absolute atomic E-state index is 10.8. The van der Waals surface area contributed by atoms with Crippen molar-refractivity contribution < 1.29 is 19.8 Å². The zero-order valence-corrected chi connectivity index (χ0v) is 7.98. The van der Waals surface area contributed by atoms with Gasteiger partial charge in [-0.05, 0) is 12.1 Å². The topological polar surface area (TPSA) is 100 Å². The lowest BCUT2D eigenvalue weighted by atomic mass is 10.1. The first-order valence-corrected chi connectivity index (χ1v) is 4.55. The molecule has 76 valence electrons. The molecule has 2 aromatic rings. The Kier molecular flexibility index (Phi) is 2.09. The Morgan fingerprint density at radius 3 is 1.73 bits per heavy atom. The number of carbonyl (C=O) groups is 2. The van der Waals surface area contributed by atoms with E-state index >= 15 is 0 Å². The molecule has 1 aromatic carbocycles. The monoisotopic (exact) mass is 224 g/mol. The van der Waals surface area contributed by atoms with Gasteiger partial charge in [0.25, 0.3) is 0 Å². The van der Waals surface area contributed by atoms with E-state index in [1.54, 1.807) is 0 Å². The largest absolute Gasteiger partial charge is 0.478 e. The predicted octanol–water partition coefficient (Wildman–Crippen LogP) is 1.09. The van der Waals surface area contributed by atoms with Gasteiger partial charge in [-0.15, -0.1) is 0 Å². The van der Waals surface area contributed by atoms with Gasteiger partial charge in [0.05, 0.1) is 22.9 Å². The first-order chi connectivity index (χ1) is 7.09. The van der Waals surface area contributed by atoms with Gasteiger partial charge in [-0.2, -0.15) is 8.75 Å². The second kappa shape index (κ2) is 3.28. The molecule has 0 atom stereocenters. The van der Waals surface area contributed by atoms with Crippen LogP contribution < -0.4 is 0 Å². The summed E-state index contributed by atoms with van der Waals surface area (Å²) in [5, 5.41) is 17.6. The molecule has 0 unspecified atom stereocenters. The van der Waals surface area contributed by atoms with Crippen LogP contribution in [0.4, 0.5) is 0 Å². The van der Waals surface area contributed by atoms with Crippen LogP contribution in [0, 0.1) is 0 Å². The Morgan fingerprint density at radius 2 is 1.40 bits per heavy atom. The lowest BCUT2D eigenvalue weighted by molar-refractivity contribution is 0.0652. The minimum absolute atomic E-state index is 0.275. The fraction of sp³-hybridized carbons (Fsp3) is 0. The van der Waals surface area contributed by atoms with Gasteiger partial charge in [0.2, 0.25) is 0 Å². The fourth-order valence-corrected chi connectivity index (χ4v) is 1.69. The summed E-state index contributed by atoms with van der Waals surface area (Å²) < 4.78 is 7.67.